The molecule has 28 heavy (non-hydrogen) atoms. The zero-order valence-electron chi connectivity index (χ0n) is 15.8. The predicted molar refractivity (Wildman–Crippen MR) is 100 cm³/mol. The summed E-state index contributed by atoms with van der Waals surface area (Å²) in [4.78, 5) is 16.2. The highest BCUT2D eigenvalue weighted by Gasteiger charge is 2.34. The first-order chi connectivity index (χ1) is 13.2. The number of aromatic nitrogens is 2. The van der Waals surface area contributed by atoms with Crippen molar-refractivity contribution in [1.82, 2.24) is 19.6 Å². The van der Waals surface area contributed by atoms with Crippen LogP contribution in [-0.2, 0) is 19.8 Å². The summed E-state index contributed by atoms with van der Waals surface area (Å²) in [6.07, 6.45) is -2.86. The molecule has 2 aromatic rings. The van der Waals surface area contributed by atoms with Gasteiger partial charge in [-0.15, -0.1) is 0 Å². The Morgan fingerprint density at radius 2 is 1.82 bits per heavy atom. The Kier molecular flexibility index (Phi) is 5.90. The molecule has 152 valence electrons. The van der Waals surface area contributed by atoms with Crippen LogP contribution in [0.4, 0.5) is 29.5 Å². The van der Waals surface area contributed by atoms with Crippen LogP contribution in [0.5, 0.6) is 0 Å². The number of hydrogen-bond acceptors (Lipinski definition) is 4. The number of likely N-dealkylation sites (N-methyl/N-ethyl adjacent to an activating group) is 1. The summed E-state index contributed by atoms with van der Waals surface area (Å²) < 4.78 is 42.2. The van der Waals surface area contributed by atoms with Gasteiger partial charge in [-0.3, -0.25) is 14.9 Å². The van der Waals surface area contributed by atoms with Gasteiger partial charge in [0, 0.05) is 57.7 Å². The molecule has 1 aliphatic rings. The van der Waals surface area contributed by atoms with Crippen LogP contribution < -0.4 is 10.6 Å². The third-order valence-electron chi connectivity index (χ3n) is 4.62. The van der Waals surface area contributed by atoms with E-state index in [4.69, 9.17) is 0 Å². The van der Waals surface area contributed by atoms with Gasteiger partial charge in [0.15, 0.2) is 5.82 Å². The minimum Gasteiger partial charge on any atom is -0.308 e. The number of halogens is 3. The number of hydrogen-bond donors (Lipinski definition) is 2. The lowest BCUT2D eigenvalue weighted by atomic mass is 10.0. The maximum Gasteiger partial charge on any atom is 0.416 e. The number of alkyl halides is 3. The molecule has 0 radical (unpaired) electrons. The highest BCUT2D eigenvalue weighted by atomic mass is 19.4. The van der Waals surface area contributed by atoms with E-state index >= 15 is 0 Å². The van der Waals surface area contributed by atoms with Gasteiger partial charge < -0.3 is 10.2 Å². The molecule has 0 spiro atoms. The van der Waals surface area contributed by atoms with Crippen molar-refractivity contribution >= 4 is 17.5 Å². The average Bonchev–Trinajstić information content (AvgIpc) is 3.02. The second-order valence-electron chi connectivity index (χ2n) is 6.90. The number of urea groups is 1. The van der Waals surface area contributed by atoms with Crippen molar-refractivity contribution in [2.24, 2.45) is 7.05 Å². The fourth-order valence-corrected chi connectivity index (χ4v) is 3.06. The van der Waals surface area contributed by atoms with E-state index in [1.54, 1.807) is 19.3 Å². The second-order valence-corrected chi connectivity index (χ2v) is 6.90. The molecule has 0 atom stereocenters. The van der Waals surface area contributed by atoms with E-state index in [-0.39, 0.29) is 17.8 Å². The van der Waals surface area contributed by atoms with Gasteiger partial charge in [-0.2, -0.15) is 18.3 Å². The van der Waals surface area contributed by atoms with E-state index in [1.807, 2.05) is 11.9 Å². The maximum atomic E-state index is 13.6. The summed E-state index contributed by atoms with van der Waals surface area (Å²) in [7, 11) is 3.69. The van der Waals surface area contributed by atoms with Crippen molar-refractivity contribution in [3.05, 3.63) is 41.6 Å². The molecule has 0 aliphatic carbocycles. The molecule has 2 heterocycles. The lowest BCUT2D eigenvalue weighted by Gasteiger charge is -2.33. The van der Waals surface area contributed by atoms with Gasteiger partial charge in [0.05, 0.1) is 5.56 Å². The third-order valence-corrected chi connectivity index (χ3v) is 4.62. The largest absolute Gasteiger partial charge is 0.416 e. The Hall–Kier alpha value is -2.59. The zero-order chi connectivity index (χ0) is 20.3. The molecule has 1 fully saturated rings. The van der Waals surface area contributed by atoms with E-state index in [1.165, 1.54) is 16.8 Å². The van der Waals surface area contributed by atoms with Crippen LogP contribution in [0.25, 0.3) is 0 Å². The van der Waals surface area contributed by atoms with E-state index in [0.717, 1.165) is 32.2 Å². The molecule has 10 heteroatoms. The number of benzene rings is 1. The summed E-state index contributed by atoms with van der Waals surface area (Å²) in [6, 6.07) is 4.82. The van der Waals surface area contributed by atoms with Gasteiger partial charge in [0.25, 0.3) is 0 Å². The number of rotatable bonds is 4. The van der Waals surface area contributed by atoms with Gasteiger partial charge >= 0.3 is 12.2 Å². The summed E-state index contributed by atoms with van der Waals surface area (Å²) >= 11 is 0. The smallest absolute Gasteiger partial charge is 0.308 e. The fourth-order valence-electron chi connectivity index (χ4n) is 3.06. The number of carbonyl (C=O) groups excluding carboxylic acids is 1. The minimum absolute atomic E-state index is 0.0721. The van der Waals surface area contributed by atoms with Crippen LogP contribution in [0, 0.1) is 0 Å². The molecular weight excluding hydrogens is 373 g/mol. The van der Waals surface area contributed by atoms with Gasteiger partial charge in [-0.1, -0.05) is 6.07 Å². The Labute approximate surface area is 161 Å². The summed E-state index contributed by atoms with van der Waals surface area (Å²) in [5.41, 5.74) is -0.460. The van der Waals surface area contributed by atoms with Crippen LogP contribution in [0.1, 0.15) is 11.1 Å². The number of nitrogens with zero attached hydrogens (tertiary/aromatic N) is 4. The molecule has 1 saturated heterocycles. The number of nitrogens with one attached hydrogen (secondary N) is 2. The van der Waals surface area contributed by atoms with Crippen molar-refractivity contribution in [1.29, 1.82) is 0 Å². The van der Waals surface area contributed by atoms with Crippen molar-refractivity contribution in [2.75, 3.05) is 43.9 Å². The quantitative estimate of drug-likeness (QED) is 0.834. The van der Waals surface area contributed by atoms with Crippen LogP contribution in [0.3, 0.4) is 0 Å². The lowest BCUT2D eigenvalue weighted by Crippen LogP contribution is -2.44. The van der Waals surface area contributed by atoms with Crippen LogP contribution in [0.15, 0.2) is 30.5 Å². The van der Waals surface area contributed by atoms with Gasteiger partial charge in [-0.25, -0.2) is 4.79 Å². The molecule has 1 aromatic carbocycles. The van der Waals surface area contributed by atoms with E-state index < -0.39 is 17.8 Å². The summed E-state index contributed by atoms with van der Waals surface area (Å²) in [5.74, 6) is 0.308. The zero-order valence-corrected chi connectivity index (χ0v) is 15.8. The first-order valence-corrected chi connectivity index (χ1v) is 8.89. The Balaban J connectivity index is 1.71. The first-order valence-electron chi connectivity index (χ1n) is 8.89. The monoisotopic (exact) mass is 396 g/mol. The maximum absolute atomic E-state index is 13.6. The van der Waals surface area contributed by atoms with Gasteiger partial charge in [0.2, 0.25) is 0 Å². The molecule has 7 nitrogen and oxygen atoms in total. The third kappa shape index (κ3) is 5.23. The normalized spacial score (nSPS) is 16.2. The second kappa shape index (κ2) is 8.19. The number of carbonyl (C=O) groups is 1. The predicted octanol–water partition coefficient (Wildman–Crippen LogP) is 2.83. The average molecular weight is 396 g/mol. The number of anilines is 2. The van der Waals surface area contributed by atoms with E-state index in [0.29, 0.717) is 5.82 Å². The number of aryl methyl sites for hydroxylation is 1. The van der Waals surface area contributed by atoms with Crippen LogP contribution in [-0.4, -0.2) is 58.8 Å². The van der Waals surface area contributed by atoms with Crippen molar-refractivity contribution in [3.8, 4) is 0 Å². The lowest BCUT2D eigenvalue weighted by molar-refractivity contribution is -0.138. The Morgan fingerprint density at radius 3 is 2.43 bits per heavy atom. The molecule has 0 unspecified atom stereocenters. The SMILES string of the molecule is CN1CCN(Cc2ccc(NC(=O)Nc3ccn(C)n3)cc2C(F)(F)F)CC1. The summed E-state index contributed by atoms with van der Waals surface area (Å²) in [5, 5.41) is 8.90. The Bertz CT molecular complexity index is 827. The van der Waals surface area contributed by atoms with Crippen LogP contribution in [0.2, 0.25) is 0 Å². The molecule has 3 rings (SSSR count). The minimum atomic E-state index is -4.50. The highest BCUT2D eigenvalue weighted by Crippen LogP contribution is 2.34. The standard InChI is InChI=1S/C18H23F3N6O/c1-25-7-9-27(10-8-25)12-13-3-4-14(11-15(13)18(19,20)21)22-17(28)23-16-5-6-26(2)24-16/h3-6,11H,7-10,12H2,1-2H3,(H2,22,23,24,28). The highest BCUT2D eigenvalue weighted by molar-refractivity contribution is 5.99. The molecule has 1 aromatic heterocycles. The van der Waals surface area contributed by atoms with Crippen molar-refractivity contribution < 1.29 is 18.0 Å². The number of piperazine rings is 1. The van der Waals surface area contributed by atoms with Gasteiger partial charge in [-0.05, 0) is 24.7 Å². The molecule has 2 N–H and O–H groups in total. The fraction of sp³-hybridized carbons (Fsp3) is 0.444. The molecule has 0 bridgehead atoms. The molecule has 2 amide bonds. The van der Waals surface area contributed by atoms with Crippen molar-refractivity contribution in [2.45, 2.75) is 12.7 Å². The molecule has 1 aliphatic heterocycles. The topological polar surface area (TPSA) is 65.4 Å². The van der Waals surface area contributed by atoms with E-state index in [2.05, 4.69) is 20.6 Å². The first kappa shape index (κ1) is 20.2. The van der Waals surface area contributed by atoms with Gasteiger partial charge in [0.1, 0.15) is 0 Å². The van der Waals surface area contributed by atoms with Crippen molar-refractivity contribution in [3.63, 3.8) is 0 Å². The molecular formula is C18H23F3N6O. The Morgan fingerprint density at radius 1 is 1.11 bits per heavy atom. The number of amides is 2. The van der Waals surface area contributed by atoms with Crippen LogP contribution >= 0.6 is 0 Å². The van der Waals surface area contributed by atoms with E-state index in [9.17, 15) is 18.0 Å². The molecule has 0 saturated carbocycles. The summed E-state index contributed by atoms with van der Waals surface area (Å²) in [6.45, 7) is 3.33.